The zero-order valence-electron chi connectivity index (χ0n) is 12.4. The zero-order chi connectivity index (χ0) is 14.3. The van der Waals surface area contributed by atoms with Crippen LogP contribution in [0, 0.1) is 0 Å². The Labute approximate surface area is 119 Å². The number of aromatic nitrogens is 2. The maximum Gasteiger partial charge on any atom is 0.233 e. The molecule has 0 radical (unpaired) electrons. The fourth-order valence-corrected chi connectivity index (χ4v) is 3.10. The summed E-state index contributed by atoms with van der Waals surface area (Å²) in [4.78, 5) is 21.5. The SMILES string of the molecule is CC(C)N1Cc2ncn(C)c2C(C(=O)N2CC=CC2)C1. The second kappa shape index (κ2) is 5.05. The third-order valence-electron chi connectivity index (χ3n) is 4.32. The summed E-state index contributed by atoms with van der Waals surface area (Å²) in [6, 6.07) is 0.428. The normalized spacial score (nSPS) is 22.6. The van der Waals surface area contributed by atoms with Gasteiger partial charge in [-0.25, -0.2) is 4.98 Å². The van der Waals surface area contributed by atoms with Crippen LogP contribution >= 0.6 is 0 Å². The molecule has 108 valence electrons. The van der Waals surface area contributed by atoms with E-state index in [2.05, 4.69) is 35.9 Å². The molecule has 0 spiro atoms. The predicted molar refractivity (Wildman–Crippen MR) is 77.2 cm³/mol. The molecule has 1 atom stereocenters. The van der Waals surface area contributed by atoms with Crippen molar-refractivity contribution in [3.8, 4) is 0 Å². The van der Waals surface area contributed by atoms with Gasteiger partial charge in [0.15, 0.2) is 0 Å². The molecule has 1 aromatic heterocycles. The van der Waals surface area contributed by atoms with Crippen molar-refractivity contribution >= 4 is 5.91 Å². The number of amides is 1. The number of hydrogen-bond acceptors (Lipinski definition) is 3. The van der Waals surface area contributed by atoms with Gasteiger partial charge in [-0.3, -0.25) is 9.69 Å². The van der Waals surface area contributed by atoms with E-state index >= 15 is 0 Å². The standard InChI is InChI=1S/C15H22N4O/c1-11(2)19-8-12(15(20)18-6-4-5-7-18)14-13(9-19)16-10-17(14)3/h4-5,10-12H,6-9H2,1-3H3. The average Bonchev–Trinajstić information content (AvgIpc) is 3.07. The molecule has 3 rings (SSSR count). The number of aryl methyl sites for hydroxylation is 1. The Balaban J connectivity index is 1.91. The van der Waals surface area contributed by atoms with Gasteiger partial charge in [-0.2, -0.15) is 0 Å². The fraction of sp³-hybridized carbons (Fsp3) is 0.600. The Morgan fingerprint density at radius 2 is 2.05 bits per heavy atom. The van der Waals surface area contributed by atoms with Crippen molar-refractivity contribution in [3.05, 3.63) is 29.9 Å². The summed E-state index contributed by atoms with van der Waals surface area (Å²) < 4.78 is 2.01. The van der Waals surface area contributed by atoms with Crippen molar-refractivity contribution in [1.29, 1.82) is 0 Å². The van der Waals surface area contributed by atoms with Crippen molar-refractivity contribution < 1.29 is 4.79 Å². The highest BCUT2D eigenvalue weighted by molar-refractivity contribution is 5.84. The summed E-state index contributed by atoms with van der Waals surface area (Å²) in [5, 5.41) is 0. The summed E-state index contributed by atoms with van der Waals surface area (Å²) in [5.41, 5.74) is 2.15. The first-order valence-corrected chi connectivity index (χ1v) is 7.26. The lowest BCUT2D eigenvalue weighted by Crippen LogP contribution is -2.45. The smallest absolute Gasteiger partial charge is 0.233 e. The highest BCUT2D eigenvalue weighted by Gasteiger charge is 2.36. The summed E-state index contributed by atoms with van der Waals surface area (Å²) in [6.07, 6.45) is 5.95. The van der Waals surface area contributed by atoms with E-state index in [1.54, 1.807) is 0 Å². The molecule has 2 aliphatic heterocycles. The third-order valence-corrected chi connectivity index (χ3v) is 4.32. The maximum absolute atomic E-state index is 12.8. The third kappa shape index (κ3) is 2.16. The molecule has 1 amide bonds. The molecular weight excluding hydrogens is 252 g/mol. The molecule has 0 aliphatic carbocycles. The Morgan fingerprint density at radius 1 is 1.35 bits per heavy atom. The van der Waals surface area contributed by atoms with Gasteiger partial charge in [0.2, 0.25) is 5.91 Å². The van der Waals surface area contributed by atoms with Crippen molar-refractivity contribution in [2.45, 2.75) is 32.4 Å². The monoisotopic (exact) mass is 274 g/mol. The number of nitrogens with zero attached hydrogens (tertiary/aromatic N) is 4. The molecule has 0 aromatic carbocycles. The number of carbonyl (C=O) groups excluding carboxylic acids is 1. The van der Waals surface area contributed by atoms with Crippen LogP contribution in [0.5, 0.6) is 0 Å². The van der Waals surface area contributed by atoms with E-state index in [4.69, 9.17) is 0 Å². The fourth-order valence-electron chi connectivity index (χ4n) is 3.10. The molecule has 0 saturated heterocycles. The first-order valence-electron chi connectivity index (χ1n) is 7.26. The average molecular weight is 274 g/mol. The summed E-state index contributed by atoms with van der Waals surface area (Å²) in [7, 11) is 1.99. The maximum atomic E-state index is 12.8. The van der Waals surface area contributed by atoms with Crippen LogP contribution in [0.1, 0.15) is 31.2 Å². The van der Waals surface area contributed by atoms with E-state index in [0.717, 1.165) is 37.6 Å². The molecule has 0 fully saturated rings. The van der Waals surface area contributed by atoms with Gasteiger partial charge in [-0.15, -0.1) is 0 Å². The molecule has 0 N–H and O–H groups in total. The van der Waals surface area contributed by atoms with E-state index in [0.29, 0.717) is 6.04 Å². The second-order valence-corrected chi connectivity index (χ2v) is 5.98. The van der Waals surface area contributed by atoms with Gasteiger partial charge >= 0.3 is 0 Å². The number of rotatable bonds is 2. The zero-order valence-corrected chi connectivity index (χ0v) is 12.4. The van der Waals surface area contributed by atoms with Gasteiger partial charge in [0.1, 0.15) is 0 Å². The predicted octanol–water partition coefficient (Wildman–Crippen LogP) is 1.13. The molecule has 3 heterocycles. The van der Waals surface area contributed by atoms with Crippen LogP contribution in [0.4, 0.5) is 0 Å². The van der Waals surface area contributed by atoms with Crippen molar-refractivity contribution in [3.63, 3.8) is 0 Å². The van der Waals surface area contributed by atoms with E-state index in [-0.39, 0.29) is 11.8 Å². The molecule has 2 aliphatic rings. The molecule has 0 saturated carbocycles. The van der Waals surface area contributed by atoms with Gasteiger partial charge in [0, 0.05) is 39.3 Å². The number of carbonyl (C=O) groups is 1. The first-order chi connectivity index (χ1) is 9.58. The second-order valence-electron chi connectivity index (χ2n) is 5.98. The lowest BCUT2D eigenvalue weighted by atomic mass is 9.95. The molecular formula is C15H22N4O. The molecule has 5 heteroatoms. The lowest BCUT2D eigenvalue weighted by molar-refractivity contribution is -0.132. The highest BCUT2D eigenvalue weighted by Crippen LogP contribution is 2.30. The van der Waals surface area contributed by atoms with Crippen LogP contribution in [0.15, 0.2) is 18.5 Å². The van der Waals surface area contributed by atoms with Crippen molar-refractivity contribution in [1.82, 2.24) is 19.4 Å². The van der Waals surface area contributed by atoms with E-state index in [1.165, 1.54) is 0 Å². The molecule has 1 aromatic rings. The van der Waals surface area contributed by atoms with Crippen LogP contribution in [0.25, 0.3) is 0 Å². The largest absolute Gasteiger partial charge is 0.337 e. The highest BCUT2D eigenvalue weighted by atomic mass is 16.2. The van der Waals surface area contributed by atoms with Crippen LogP contribution in [0.2, 0.25) is 0 Å². The van der Waals surface area contributed by atoms with Crippen molar-refractivity contribution in [2.75, 3.05) is 19.6 Å². The number of fused-ring (bicyclic) bond motifs is 1. The van der Waals surface area contributed by atoms with E-state index in [1.807, 2.05) is 22.8 Å². The lowest BCUT2D eigenvalue weighted by Gasteiger charge is -2.36. The van der Waals surface area contributed by atoms with Gasteiger partial charge in [0.05, 0.1) is 23.6 Å². The summed E-state index contributed by atoms with van der Waals surface area (Å²) in [5.74, 6) is 0.138. The van der Waals surface area contributed by atoms with E-state index in [9.17, 15) is 4.79 Å². The number of hydrogen-bond donors (Lipinski definition) is 0. The topological polar surface area (TPSA) is 41.4 Å². The van der Waals surface area contributed by atoms with Gasteiger partial charge < -0.3 is 9.47 Å². The van der Waals surface area contributed by atoms with Gasteiger partial charge in [0.25, 0.3) is 0 Å². The minimum Gasteiger partial charge on any atom is -0.337 e. The first kappa shape index (κ1) is 13.4. The Morgan fingerprint density at radius 3 is 2.70 bits per heavy atom. The van der Waals surface area contributed by atoms with Crippen molar-refractivity contribution in [2.24, 2.45) is 7.05 Å². The molecule has 1 unspecified atom stereocenters. The minimum absolute atomic E-state index is 0.0893. The Bertz CT molecular complexity index is 538. The quantitative estimate of drug-likeness (QED) is 0.759. The van der Waals surface area contributed by atoms with Crippen LogP contribution in [0.3, 0.4) is 0 Å². The van der Waals surface area contributed by atoms with E-state index < -0.39 is 0 Å². The Hall–Kier alpha value is -1.62. The molecule has 20 heavy (non-hydrogen) atoms. The molecule has 5 nitrogen and oxygen atoms in total. The summed E-state index contributed by atoms with van der Waals surface area (Å²) >= 11 is 0. The minimum atomic E-state index is -0.0893. The number of imidazole rings is 1. The van der Waals surface area contributed by atoms with Crippen LogP contribution in [-0.4, -0.2) is 50.9 Å². The Kier molecular flexibility index (Phi) is 3.38. The van der Waals surface area contributed by atoms with Gasteiger partial charge in [-0.1, -0.05) is 12.2 Å². The molecule has 0 bridgehead atoms. The van der Waals surface area contributed by atoms with Gasteiger partial charge in [-0.05, 0) is 13.8 Å². The van der Waals surface area contributed by atoms with Crippen LogP contribution in [-0.2, 0) is 18.4 Å². The summed E-state index contributed by atoms with van der Waals surface area (Å²) in [6.45, 7) is 7.46. The van der Waals surface area contributed by atoms with Crippen LogP contribution < -0.4 is 0 Å².